The van der Waals surface area contributed by atoms with Crippen LogP contribution in [0.4, 0.5) is 4.79 Å². The predicted molar refractivity (Wildman–Crippen MR) is 94.7 cm³/mol. The van der Waals surface area contributed by atoms with Crippen molar-refractivity contribution in [3.8, 4) is 5.75 Å². The Hall–Kier alpha value is -2.49. The molecule has 126 valence electrons. The lowest BCUT2D eigenvalue weighted by Gasteiger charge is -2.21. The monoisotopic (exact) mass is 324 g/mol. The first kappa shape index (κ1) is 16.4. The highest BCUT2D eigenvalue weighted by Gasteiger charge is 2.19. The number of ether oxygens (including phenoxy) is 1. The van der Waals surface area contributed by atoms with Gasteiger partial charge in [-0.25, -0.2) is 4.79 Å². The standard InChI is InChI=1S/C20H24N2O2/c1-15(2)14-24-19-9-7-16(8-10-19)12-22-13-18-6-4-3-5-17(18)11-21-20(22)23/h3-10,15H,11-14H2,1-2H3,(H,21,23). The molecule has 1 aliphatic heterocycles. The minimum Gasteiger partial charge on any atom is -0.493 e. The van der Waals surface area contributed by atoms with Crippen LogP contribution in [0.1, 0.15) is 30.5 Å². The lowest BCUT2D eigenvalue weighted by atomic mass is 10.1. The molecule has 24 heavy (non-hydrogen) atoms. The molecular weight excluding hydrogens is 300 g/mol. The van der Waals surface area contributed by atoms with Gasteiger partial charge in [-0.15, -0.1) is 0 Å². The first-order valence-electron chi connectivity index (χ1n) is 8.43. The number of hydrogen-bond acceptors (Lipinski definition) is 2. The van der Waals surface area contributed by atoms with Gasteiger partial charge in [0.1, 0.15) is 5.75 Å². The average molecular weight is 324 g/mol. The van der Waals surface area contributed by atoms with E-state index in [1.54, 1.807) is 0 Å². The normalized spacial score (nSPS) is 14.1. The number of carbonyl (C=O) groups is 1. The molecule has 2 aromatic rings. The lowest BCUT2D eigenvalue weighted by Crippen LogP contribution is -2.36. The quantitative estimate of drug-likeness (QED) is 0.905. The van der Waals surface area contributed by atoms with Gasteiger partial charge in [0, 0.05) is 19.6 Å². The summed E-state index contributed by atoms with van der Waals surface area (Å²) in [4.78, 5) is 14.2. The van der Waals surface area contributed by atoms with Crippen LogP contribution in [0.5, 0.6) is 5.75 Å². The Morgan fingerprint density at radius 3 is 2.50 bits per heavy atom. The van der Waals surface area contributed by atoms with Crippen molar-refractivity contribution in [1.82, 2.24) is 10.2 Å². The van der Waals surface area contributed by atoms with Crippen molar-refractivity contribution in [3.05, 3.63) is 65.2 Å². The number of fused-ring (bicyclic) bond motifs is 1. The van der Waals surface area contributed by atoms with Gasteiger partial charge in [-0.05, 0) is 34.7 Å². The van der Waals surface area contributed by atoms with Gasteiger partial charge in [0.15, 0.2) is 0 Å². The highest BCUT2D eigenvalue weighted by molar-refractivity contribution is 5.75. The van der Waals surface area contributed by atoms with Gasteiger partial charge in [0.25, 0.3) is 0 Å². The van der Waals surface area contributed by atoms with Gasteiger partial charge in [-0.1, -0.05) is 50.2 Å². The molecule has 0 atom stereocenters. The minimum absolute atomic E-state index is 0.0219. The van der Waals surface area contributed by atoms with E-state index in [1.165, 1.54) is 11.1 Å². The summed E-state index contributed by atoms with van der Waals surface area (Å²) in [6, 6.07) is 16.2. The van der Waals surface area contributed by atoms with Crippen molar-refractivity contribution < 1.29 is 9.53 Å². The number of carbonyl (C=O) groups excluding carboxylic acids is 1. The summed E-state index contributed by atoms with van der Waals surface area (Å²) in [5, 5.41) is 2.98. The fourth-order valence-corrected chi connectivity index (χ4v) is 2.75. The number of nitrogens with zero attached hydrogens (tertiary/aromatic N) is 1. The largest absolute Gasteiger partial charge is 0.493 e. The SMILES string of the molecule is CC(C)COc1ccc(CN2Cc3ccccc3CNC2=O)cc1. The van der Waals surface area contributed by atoms with Gasteiger partial charge in [-0.3, -0.25) is 0 Å². The third kappa shape index (κ3) is 4.07. The Labute approximate surface area is 143 Å². The third-order valence-corrected chi connectivity index (χ3v) is 4.08. The number of rotatable bonds is 5. The minimum atomic E-state index is -0.0219. The molecule has 3 rings (SSSR count). The van der Waals surface area contributed by atoms with Crippen LogP contribution < -0.4 is 10.1 Å². The second-order valence-electron chi connectivity index (χ2n) is 6.63. The van der Waals surface area contributed by atoms with E-state index in [1.807, 2.05) is 41.3 Å². The first-order chi connectivity index (χ1) is 11.6. The molecule has 0 saturated carbocycles. The van der Waals surface area contributed by atoms with Crippen molar-refractivity contribution >= 4 is 6.03 Å². The van der Waals surface area contributed by atoms with Crippen LogP contribution in [-0.2, 0) is 19.6 Å². The summed E-state index contributed by atoms with van der Waals surface area (Å²) in [6.45, 7) is 6.78. The van der Waals surface area contributed by atoms with Crippen LogP contribution in [0.2, 0.25) is 0 Å². The first-order valence-corrected chi connectivity index (χ1v) is 8.43. The topological polar surface area (TPSA) is 41.6 Å². The molecule has 0 radical (unpaired) electrons. The Morgan fingerprint density at radius 2 is 1.79 bits per heavy atom. The summed E-state index contributed by atoms with van der Waals surface area (Å²) in [7, 11) is 0. The Kier molecular flexibility index (Phi) is 5.04. The van der Waals surface area contributed by atoms with Crippen LogP contribution in [0, 0.1) is 5.92 Å². The van der Waals surface area contributed by atoms with E-state index in [0.717, 1.165) is 11.3 Å². The number of amides is 2. The van der Waals surface area contributed by atoms with Crippen molar-refractivity contribution in [3.63, 3.8) is 0 Å². The highest BCUT2D eigenvalue weighted by Crippen LogP contribution is 2.19. The van der Waals surface area contributed by atoms with Gasteiger partial charge >= 0.3 is 6.03 Å². The van der Waals surface area contributed by atoms with Gasteiger partial charge < -0.3 is 15.0 Å². The summed E-state index contributed by atoms with van der Waals surface area (Å²) in [5.41, 5.74) is 3.49. The molecule has 0 unspecified atom stereocenters. The molecule has 1 aliphatic rings. The van der Waals surface area contributed by atoms with Gasteiger partial charge in [0.2, 0.25) is 0 Å². The Morgan fingerprint density at radius 1 is 1.08 bits per heavy atom. The number of nitrogens with one attached hydrogen (secondary N) is 1. The number of urea groups is 1. The molecule has 0 saturated heterocycles. The summed E-state index contributed by atoms with van der Waals surface area (Å²) < 4.78 is 5.71. The molecule has 1 N–H and O–H groups in total. The maximum atomic E-state index is 12.3. The maximum absolute atomic E-state index is 12.3. The molecule has 4 heteroatoms. The molecule has 1 heterocycles. The zero-order chi connectivity index (χ0) is 16.9. The zero-order valence-electron chi connectivity index (χ0n) is 14.3. The maximum Gasteiger partial charge on any atom is 0.318 e. The van der Waals surface area contributed by atoms with E-state index < -0.39 is 0 Å². The van der Waals surface area contributed by atoms with Crippen molar-refractivity contribution in [2.75, 3.05) is 6.61 Å². The second-order valence-corrected chi connectivity index (χ2v) is 6.63. The molecular formula is C20H24N2O2. The highest BCUT2D eigenvalue weighted by atomic mass is 16.5. The van der Waals surface area contributed by atoms with E-state index in [4.69, 9.17) is 4.74 Å². The fourth-order valence-electron chi connectivity index (χ4n) is 2.75. The molecule has 0 aromatic heterocycles. The number of hydrogen-bond donors (Lipinski definition) is 1. The van der Waals surface area contributed by atoms with Gasteiger partial charge in [-0.2, -0.15) is 0 Å². The molecule has 0 spiro atoms. The predicted octanol–water partition coefficient (Wildman–Crippen LogP) is 3.95. The summed E-state index contributed by atoms with van der Waals surface area (Å²) in [6.07, 6.45) is 0. The van der Waals surface area contributed by atoms with Crippen LogP contribution >= 0.6 is 0 Å². The van der Waals surface area contributed by atoms with Crippen LogP contribution in [0.15, 0.2) is 48.5 Å². The van der Waals surface area contributed by atoms with Gasteiger partial charge in [0.05, 0.1) is 6.61 Å². The lowest BCUT2D eigenvalue weighted by molar-refractivity contribution is 0.194. The van der Waals surface area contributed by atoms with Crippen molar-refractivity contribution in [2.24, 2.45) is 5.92 Å². The van der Waals surface area contributed by atoms with E-state index in [0.29, 0.717) is 32.2 Å². The summed E-state index contributed by atoms with van der Waals surface area (Å²) in [5.74, 6) is 1.38. The van der Waals surface area contributed by atoms with E-state index in [2.05, 4.69) is 31.3 Å². The molecule has 0 bridgehead atoms. The molecule has 4 nitrogen and oxygen atoms in total. The molecule has 2 aromatic carbocycles. The fraction of sp³-hybridized carbons (Fsp3) is 0.350. The number of benzene rings is 2. The smallest absolute Gasteiger partial charge is 0.318 e. The van der Waals surface area contributed by atoms with Crippen molar-refractivity contribution in [1.29, 1.82) is 0 Å². The zero-order valence-corrected chi connectivity index (χ0v) is 14.3. The van der Waals surface area contributed by atoms with E-state index >= 15 is 0 Å². The van der Waals surface area contributed by atoms with Crippen LogP contribution in [0.25, 0.3) is 0 Å². The second kappa shape index (κ2) is 7.39. The Bertz CT molecular complexity index is 695. The van der Waals surface area contributed by atoms with E-state index in [9.17, 15) is 4.79 Å². The van der Waals surface area contributed by atoms with Crippen LogP contribution in [-0.4, -0.2) is 17.5 Å². The Balaban J connectivity index is 1.67. The molecule has 0 fully saturated rings. The average Bonchev–Trinajstić information content (AvgIpc) is 2.74. The van der Waals surface area contributed by atoms with Crippen molar-refractivity contribution in [2.45, 2.75) is 33.5 Å². The van der Waals surface area contributed by atoms with Crippen LogP contribution in [0.3, 0.4) is 0 Å². The third-order valence-electron chi connectivity index (χ3n) is 4.08. The molecule has 2 amide bonds. The molecule has 0 aliphatic carbocycles. The summed E-state index contributed by atoms with van der Waals surface area (Å²) >= 11 is 0. The van der Waals surface area contributed by atoms with E-state index in [-0.39, 0.29) is 6.03 Å².